The van der Waals surface area contributed by atoms with Gasteiger partial charge in [-0.1, -0.05) is 45.0 Å². The molecule has 2 aliphatic rings. The summed E-state index contributed by atoms with van der Waals surface area (Å²) < 4.78 is 0. The molecule has 1 saturated heterocycles. The van der Waals surface area contributed by atoms with Crippen LogP contribution in [0.25, 0.3) is 0 Å². The Kier molecular flexibility index (Phi) is 3.55. The van der Waals surface area contributed by atoms with Gasteiger partial charge in [-0.3, -0.25) is 10.1 Å². The lowest BCUT2D eigenvalue weighted by Gasteiger charge is -2.42. The van der Waals surface area contributed by atoms with Crippen LogP contribution >= 0.6 is 0 Å². The second-order valence-corrected chi connectivity index (χ2v) is 6.64. The molecule has 1 aromatic rings. The van der Waals surface area contributed by atoms with Crippen LogP contribution in [0, 0.1) is 5.92 Å². The molecule has 1 amide bonds. The summed E-state index contributed by atoms with van der Waals surface area (Å²) in [6.07, 6.45) is 2.36. The fraction of sp³-hybridized carbons (Fsp3) is 0.588. The standard InChI is InChI=1S/C17H24N2O/c1-11(2)13-4-6-14(7-5-13)17-18-10-16(20)19(17)15-8-12(3)9-15/h4-7,11-12,15,17-18H,8-10H2,1-3H3. The molecule has 20 heavy (non-hydrogen) atoms. The topological polar surface area (TPSA) is 32.3 Å². The summed E-state index contributed by atoms with van der Waals surface area (Å²) in [5.74, 6) is 1.56. The molecular formula is C17H24N2O. The van der Waals surface area contributed by atoms with Gasteiger partial charge in [-0.05, 0) is 35.8 Å². The van der Waals surface area contributed by atoms with Crippen molar-refractivity contribution < 1.29 is 4.79 Å². The number of rotatable bonds is 3. The Bertz CT molecular complexity index is 488. The Morgan fingerprint density at radius 3 is 2.40 bits per heavy atom. The lowest BCUT2D eigenvalue weighted by Crippen LogP contribution is -2.46. The molecule has 1 aliphatic carbocycles. The first-order valence-electron chi connectivity index (χ1n) is 7.70. The van der Waals surface area contributed by atoms with Crippen molar-refractivity contribution in [1.29, 1.82) is 0 Å². The van der Waals surface area contributed by atoms with Crippen molar-refractivity contribution in [3.63, 3.8) is 0 Å². The largest absolute Gasteiger partial charge is 0.319 e. The normalized spacial score (nSPS) is 29.9. The molecule has 3 rings (SSSR count). The highest BCUT2D eigenvalue weighted by molar-refractivity contribution is 5.81. The van der Waals surface area contributed by atoms with E-state index >= 15 is 0 Å². The SMILES string of the molecule is CC1CC(N2C(=O)CNC2c2ccc(C(C)C)cc2)C1. The van der Waals surface area contributed by atoms with Crippen LogP contribution in [0.15, 0.2) is 24.3 Å². The van der Waals surface area contributed by atoms with E-state index in [1.807, 2.05) is 0 Å². The van der Waals surface area contributed by atoms with Crippen molar-refractivity contribution >= 4 is 5.91 Å². The first kappa shape index (κ1) is 13.6. The molecule has 0 spiro atoms. The Hall–Kier alpha value is -1.35. The molecule has 0 aromatic heterocycles. The van der Waals surface area contributed by atoms with Crippen LogP contribution in [0.4, 0.5) is 0 Å². The van der Waals surface area contributed by atoms with Gasteiger partial charge in [0.05, 0.1) is 6.54 Å². The predicted molar refractivity (Wildman–Crippen MR) is 80.3 cm³/mol. The Labute approximate surface area is 121 Å². The molecule has 1 atom stereocenters. The van der Waals surface area contributed by atoms with Crippen molar-refractivity contribution in [3.05, 3.63) is 35.4 Å². The number of carbonyl (C=O) groups is 1. The van der Waals surface area contributed by atoms with Crippen molar-refractivity contribution in [1.82, 2.24) is 10.2 Å². The molecule has 2 fully saturated rings. The van der Waals surface area contributed by atoms with E-state index in [1.165, 1.54) is 11.1 Å². The summed E-state index contributed by atoms with van der Waals surface area (Å²) in [6.45, 7) is 7.14. The van der Waals surface area contributed by atoms with Gasteiger partial charge in [0, 0.05) is 6.04 Å². The molecule has 3 nitrogen and oxygen atoms in total. The van der Waals surface area contributed by atoms with Gasteiger partial charge in [0.1, 0.15) is 6.17 Å². The number of nitrogens with zero attached hydrogens (tertiary/aromatic N) is 1. The van der Waals surface area contributed by atoms with Gasteiger partial charge in [0.15, 0.2) is 0 Å². The Balaban J connectivity index is 1.79. The van der Waals surface area contributed by atoms with Crippen molar-refractivity contribution in [2.45, 2.75) is 51.7 Å². The Morgan fingerprint density at radius 1 is 1.20 bits per heavy atom. The van der Waals surface area contributed by atoms with E-state index in [0.717, 1.165) is 18.8 Å². The maximum atomic E-state index is 12.1. The molecule has 1 N–H and O–H groups in total. The van der Waals surface area contributed by atoms with E-state index in [-0.39, 0.29) is 12.1 Å². The van der Waals surface area contributed by atoms with Gasteiger partial charge < -0.3 is 4.90 Å². The third-order valence-electron chi connectivity index (χ3n) is 4.67. The highest BCUT2D eigenvalue weighted by Crippen LogP contribution is 2.37. The molecule has 1 saturated carbocycles. The third-order valence-corrected chi connectivity index (χ3v) is 4.67. The van der Waals surface area contributed by atoms with Gasteiger partial charge in [-0.2, -0.15) is 0 Å². The van der Waals surface area contributed by atoms with Crippen LogP contribution in [-0.4, -0.2) is 23.4 Å². The molecule has 1 heterocycles. The summed E-state index contributed by atoms with van der Waals surface area (Å²) in [4.78, 5) is 14.2. The van der Waals surface area contributed by atoms with Gasteiger partial charge in [-0.15, -0.1) is 0 Å². The van der Waals surface area contributed by atoms with Gasteiger partial charge in [-0.25, -0.2) is 0 Å². The van der Waals surface area contributed by atoms with E-state index in [9.17, 15) is 4.79 Å². The van der Waals surface area contributed by atoms with Gasteiger partial charge in [0.2, 0.25) is 5.91 Å². The number of benzene rings is 1. The zero-order chi connectivity index (χ0) is 14.3. The minimum Gasteiger partial charge on any atom is -0.319 e. The highest BCUT2D eigenvalue weighted by atomic mass is 16.2. The monoisotopic (exact) mass is 272 g/mol. The maximum absolute atomic E-state index is 12.1. The lowest BCUT2D eigenvalue weighted by atomic mass is 9.80. The summed E-state index contributed by atoms with van der Waals surface area (Å²) in [6, 6.07) is 9.14. The number of nitrogens with one attached hydrogen (secondary N) is 1. The Morgan fingerprint density at radius 2 is 1.85 bits per heavy atom. The van der Waals surface area contributed by atoms with Crippen LogP contribution in [0.2, 0.25) is 0 Å². The van der Waals surface area contributed by atoms with Crippen LogP contribution in [0.1, 0.15) is 56.8 Å². The fourth-order valence-corrected chi connectivity index (χ4v) is 3.36. The molecule has 0 radical (unpaired) electrons. The van der Waals surface area contributed by atoms with Gasteiger partial charge in [0.25, 0.3) is 0 Å². The average Bonchev–Trinajstić information content (AvgIpc) is 2.77. The third kappa shape index (κ3) is 2.35. The fourth-order valence-electron chi connectivity index (χ4n) is 3.36. The summed E-state index contributed by atoms with van der Waals surface area (Å²) >= 11 is 0. The zero-order valence-electron chi connectivity index (χ0n) is 12.6. The summed E-state index contributed by atoms with van der Waals surface area (Å²) in [7, 11) is 0. The highest BCUT2D eigenvalue weighted by Gasteiger charge is 2.41. The smallest absolute Gasteiger partial charge is 0.238 e. The number of amides is 1. The second kappa shape index (κ2) is 5.21. The molecule has 0 bridgehead atoms. The molecule has 1 aromatic carbocycles. The van der Waals surface area contributed by atoms with Crippen LogP contribution in [0.3, 0.4) is 0 Å². The number of carbonyl (C=O) groups excluding carboxylic acids is 1. The molecule has 1 aliphatic heterocycles. The summed E-state index contributed by atoms with van der Waals surface area (Å²) in [5.41, 5.74) is 2.56. The van der Waals surface area contributed by atoms with E-state index in [0.29, 0.717) is 18.5 Å². The van der Waals surface area contributed by atoms with E-state index in [4.69, 9.17) is 0 Å². The van der Waals surface area contributed by atoms with Gasteiger partial charge >= 0.3 is 0 Å². The molecular weight excluding hydrogens is 248 g/mol. The van der Waals surface area contributed by atoms with Crippen molar-refractivity contribution in [2.24, 2.45) is 5.92 Å². The van der Waals surface area contributed by atoms with Crippen LogP contribution in [-0.2, 0) is 4.79 Å². The molecule has 1 unspecified atom stereocenters. The quantitative estimate of drug-likeness (QED) is 0.917. The zero-order valence-corrected chi connectivity index (χ0v) is 12.6. The second-order valence-electron chi connectivity index (χ2n) is 6.64. The number of hydrogen-bond acceptors (Lipinski definition) is 2. The molecule has 108 valence electrons. The van der Waals surface area contributed by atoms with E-state index in [1.54, 1.807) is 0 Å². The first-order valence-corrected chi connectivity index (χ1v) is 7.70. The maximum Gasteiger partial charge on any atom is 0.238 e. The van der Waals surface area contributed by atoms with E-state index < -0.39 is 0 Å². The molecule has 3 heteroatoms. The first-order chi connectivity index (χ1) is 9.56. The summed E-state index contributed by atoms with van der Waals surface area (Å²) in [5, 5.41) is 3.36. The van der Waals surface area contributed by atoms with Crippen LogP contribution < -0.4 is 5.32 Å². The lowest BCUT2D eigenvalue weighted by molar-refractivity contribution is -0.133. The minimum absolute atomic E-state index is 0.0706. The predicted octanol–water partition coefficient (Wildman–Crippen LogP) is 3.04. The van der Waals surface area contributed by atoms with E-state index in [2.05, 4.69) is 55.3 Å². The average molecular weight is 272 g/mol. The minimum atomic E-state index is 0.0706. The van der Waals surface area contributed by atoms with Crippen LogP contribution in [0.5, 0.6) is 0 Å². The number of hydrogen-bond donors (Lipinski definition) is 1. The van der Waals surface area contributed by atoms with Crippen molar-refractivity contribution in [3.8, 4) is 0 Å². The van der Waals surface area contributed by atoms with Crippen molar-refractivity contribution in [2.75, 3.05) is 6.54 Å².